The number of carbonyl (C=O) groups is 1. The third kappa shape index (κ3) is 4.22. The van der Waals surface area contributed by atoms with Crippen LogP contribution in [0.1, 0.15) is 12.0 Å². The molecule has 1 heterocycles. The molecule has 3 rings (SSSR count). The maximum atomic E-state index is 12.4. The molecule has 0 saturated carbocycles. The molecular formula is C19H20Cl2N2O. The van der Waals surface area contributed by atoms with Gasteiger partial charge >= 0.3 is 0 Å². The van der Waals surface area contributed by atoms with E-state index in [1.165, 1.54) is 0 Å². The molecule has 1 fully saturated rings. The van der Waals surface area contributed by atoms with Crippen LogP contribution in [0.5, 0.6) is 0 Å². The van der Waals surface area contributed by atoms with Gasteiger partial charge in [-0.1, -0.05) is 47.5 Å². The van der Waals surface area contributed by atoms with E-state index in [1.54, 1.807) is 0 Å². The highest BCUT2D eigenvalue weighted by molar-refractivity contribution is 6.33. The molecule has 1 saturated heterocycles. The first kappa shape index (κ1) is 17.1. The fourth-order valence-electron chi connectivity index (χ4n) is 3.01. The monoisotopic (exact) mass is 362 g/mol. The maximum absolute atomic E-state index is 12.4. The lowest BCUT2D eigenvalue weighted by Gasteiger charge is -2.36. The number of rotatable bonds is 4. The molecule has 0 aliphatic carbocycles. The average molecular weight is 363 g/mol. The van der Waals surface area contributed by atoms with Gasteiger partial charge in [0.25, 0.3) is 0 Å². The van der Waals surface area contributed by atoms with Crippen molar-refractivity contribution in [1.82, 2.24) is 4.90 Å². The van der Waals surface area contributed by atoms with Crippen LogP contribution in [0.15, 0.2) is 48.5 Å². The number of hydrogen-bond acceptors (Lipinski definition) is 2. The summed E-state index contributed by atoms with van der Waals surface area (Å²) in [7, 11) is 0. The van der Waals surface area contributed by atoms with Gasteiger partial charge in [0, 0.05) is 37.6 Å². The standard InChI is InChI=1S/C19H20Cl2N2O/c20-16-5-3-4-15(14-16)8-9-19(24)23-12-10-22(11-13-23)18-7-2-1-6-17(18)21/h1-7,14H,8-13H2. The van der Waals surface area contributed by atoms with Crippen molar-refractivity contribution in [3.05, 3.63) is 64.1 Å². The van der Waals surface area contributed by atoms with Gasteiger partial charge in [-0.2, -0.15) is 0 Å². The Kier molecular flexibility index (Phi) is 5.64. The van der Waals surface area contributed by atoms with E-state index in [9.17, 15) is 4.79 Å². The Balaban J connectivity index is 1.51. The first-order chi connectivity index (χ1) is 11.6. The number of anilines is 1. The Labute approximate surface area is 152 Å². The molecule has 0 bridgehead atoms. The van der Waals surface area contributed by atoms with Gasteiger partial charge < -0.3 is 9.80 Å². The number of halogens is 2. The van der Waals surface area contributed by atoms with Crippen molar-refractivity contribution >= 4 is 34.8 Å². The molecule has 0 unspecified atom stereocenters. The molecule has 5 heteroatoms. The number of para-hydroxylation sites is 1. The smallest absolute Gasteiger partial charge is 0.223 e. The van der Waals surface area contributed by atoms with Crippen molar-refractivity contribution in [2.24, 2.45) is 0 Å². The average Bonchev–Trinajstić information content (AvgIpc) is 2.60. The van der Waals surface area contributed by atoms with Crippen molar-refractivity contribution in [3.63, 3.8) is 0 Å². The molecule has 0 aromatic heterocycles. The molecule has 1 aliphatic heterocycles. The number of carbonyl (C=O) groups excluding carboxylic acids is 1. The Morgan fingerprint density at radius 2 is 1.71 bits per heavy atom. The Morgan fingerprint density at radius 3 is 2.42 bits per heavy atom. The van der Waals surface area contributed by atoms with E-state index in [2.05, 4.69) is 4.90 Å². The molecule has 24 heavy (non-hydrogen) atoms. The zero-order chi connectivity index (χ0) is 16.9. The Hall–Kier alpha value is -1.71. The second-order valence-corrected chi connectivity index (χ2v) is 6.79. The van der Waals surface area contributed by atoms with Crippen LogP contribution in [0.3, 0.4) is 0 Å². The topological polar surface area (TPSA) is 23.6 Å². The van der Waals surface area contributed by atoms with Gasteiger partial charge in [0.1, 0.15) is 0 Å². The van der Waals surface area contributed by atoms with E-state index in [1.807, 2.05) is 53.4 Å². The van der Waals surface area contributed by atoms with E-state index in [4.69, 9.17) is 23.2 Å². The van der Waals surface area contributed by atoms with Crippen LogP contribution in [-0.4, -0.2) is 37.0 Å². The lowest BCUT2D eigenvalue weighted by molar-refractivity contribution is -0.131. The summed E-state index contributed by atoms with van der Waals surface area (Å²) >= 11 is 12.2. The lowest BCUT2D eigenvalue weighted by atomic mass is 10.1. The number of aryl methyl sites for hydroxylation is 1. The van der Waals surface area contributed by atoms with Crippen LogP contribution in [0.4, 0.5) is 5.69 Å². The number of piperazine rings is 1. The van der Waals surface area contributed by atoms with Gasteiger partial charge in [-0.05, 0) is 36.2 Å². The third-order valence-electron chi connectivity index (χ3n) is 4.34. The largest absolute Gasteiger partial charge is 0.367 e. The molecule has 0 radical (unpaired) electrons. The number of amides is 1. The second-order valence-electron chi connectivity index (χ2n) is 5.95. The van der Waals surface area contributed by atoms with Gasteiger partial charge in [-0.3, -0.25) is 4.79 Å². The zero-order valence-electron chi connectivity index (χ0n) is 13.4. The SMILES string of the molecule is O=C(CCc1cccc(Cl)c1)N1CCN(c2ccccc2Cl)CC1. The zero-order valence-corrected chi connectivity index (χ0v) is 14.9. The molecule has 2 aromatic rings. The Morgan fingerprint density at radius 1 is 0.958 bits per heavy atom. The quantitative estimate of drug-likeness (QED) is 0.810. The summed E-state index contributed by atoms with van der Waals surface area (Å²) < 4.78 is 0. The normalized spacial score (nSPS) is 14.8. The van der Waals surface area contributed by atoms with Crippen LogP contribution in [0.25, 0.3) is 0 Å². The minimum Gasteiger partial charge on any atom is -0.367 e. The van der Waals surface area contributed by atoms with E-state index in [-0.39, 0.29) is 5.91 Å². The first-order valence-electron chi connectivity index (χ1n) is 8.15. The molecule has 0 N–H and O–H groups in total. The van der Waals surface area contributed by atoms with Crippen LogP contribution >= 0.6 is 23.2 Å². The van der Waals surface area contributed by atoms with E-state index in [0.29, 0.717) is 11.4 Å². The highest BCUT2D eigenvalue weighted by Crippen LogP contribution is 2.26. The highest BCUT2D eigenvalue weighted by atomic mass is 35.5. The third-order valence-corrected chi connectivity index (χ3v) is 4.90. The lowest BCUT2D eigenvalue weighted by Crippen LogP contribution is -2.48. The molecular weight excluding hydrogens is 343 g/mol. The highest BCUT2D eigenvalue weighted by Gasteiger charge is 2.22. The molecule has 0 spiro atoms. The maximum Gasteiger partial charge on any atom is 0.223 e. The number of benzene rings is 2. The molecule has 0 atom stereocenters. The fraction of sp³-hybridized carbons (Fsp3) is 0.316. The second kappa shape index (κ2) is 7.91. The Bertz CT molecular complexity index is 712. The molecule has 126 valence electrons. The minimum absolute atomic E-state index is 0.203. The predicted octanol–water partition coefficient (Wildman–Crippen LogP) is 4.27. The van der Waals surface area contributed by atoms with Crippen LogP contribution in [0, 0.1) is 0 Å². The van der Waals surface area contributed by atoms with Crippen LogP contribution < -0.4 is 4.90 Å². The van der Waals surface area contributed by atoms with Crippen molar-refractivity contribution in [3.8, 4) is 0 Å². The summed E-state index contributed by atoms with van der Waals surface area (Å²) in [5, 5.41) is 1.48. The first-order valence-corrected chi connectivity index (χ1v) is 8.91. The predicted molar refractivity (Wildman–Crippen MR) is 100 cm³/mol. The fourth-order valence-corrected chi connectivity index (χ4v) is 3.47. The molecule has 1 amide bonds. The summed E-state index contributed by atoms with van der Waals surface area (Å²) in [6.07, 6.45) is 1.25. The van der Waals surface area contributed by atoms with Gasteiger partial charge in [0.2, 0.25) is 5.91 Å². The molecule has 2 aromatic carbocycles. The van der Waals surface area contributed by atoms with Gasteiger partial charge in [0.05, 0.1) is 10.7 Å². The number of nitrogens with zero attached hydrogens (tertiary/aromatic N) is 2. The summed E-state index contributed by atoms with van der Waals surface area (Å²) in [6, 6.07) is 15.5. The van der Waals surface area contributed by atoms with E-state index >= 15 is 0 Å². The van der Waals surface area contributed by atoms with Crippen molar-refractivity contribution in [2.45, 2.75) is 12.8 Å². The van der Waals surface area contributed by atoms with Gasteiger partial charge in [0.15, 0.2) is 0 Å². The summed E-state index contributed by atoms with van der Waals surface area (Å²) in [4.78, 5) is 16.6. The molecule has 1 aliphatic rings. The van der Waals surface area contributed by atoms with Crippen molar-refractivity contribution in [2.75, 3.05) is 31.1 Å². The van der Waals surface area contributed by atoms with Crippen molar-refractivity contribution in [1.29, 1.82) is 0 Å². The number of hydrogen-bond donors (Lipinski definition) is 0. The van der Waals surface area contributed by atoms with E-state index < -0.39 is 0 Å². The van der Waals surface area contributed by atoms with Gasteiger partial charge in [-0.25, -0.2) is 0 Å². The molecule has 3 nitrogen and oxygen atoms in total. The van der Waals surface area contributed by atoms with Crippen LogP contribution in [-0.2, 0) is 11.2 Å². The van der Waals surface area contributed by atoms with Gasteiger partial charge in [-0.15, -0.1) is 0 Å². The van der Waals surface area contributed by atoms with E-state index in [0.717, 1.165) is 48.9 Å². The van der Waals surface area contributed by atoms with Crippen LogP contribution in [0.2, 0.25) is 10.0 Å². The van der Waals surface area contributed by atoms with Crippen molar-refractivity contribution < 1.29 is 4.79 Å². The minimum atomic E-state index is 0.203. The summed E-state index contributed by atoms with van der Waals surface area (Å²) in [6.45, 7) is 3.10. The summed E-state index contributed by atoms with van der Waals surface area (Å²) in [5.41, 5.74) is 2.15. The summed E-state index contributed by atoms with van der Waals surface area (Å²) in [5.74, 6) is 0.203.